The van der Waals surface area contributed by atoms with Crippen LogP contribution in [0.5, 0.6) is 5.75 Å². The maximum Gasteiger partial charge on any atom is 0.244 e. The van der Waals surface area contributed by atoms with Crippen LogP contribution in [-0.4, -0.2) is 49.6 Å². The lowest BCUT2D eigenvalue weighted by atomic mass is 10.2. The summed E-state index contributed by atoms with van der Waals surface area (Å²) in [6, 6.07) is 7.41. The number of carbonyl (C=O) groups excluding carboxylic acids is 1. The number of amides is 1. The van der Waals surface area contributed by atoms with Crippen LogP contribution < -0.4 is 9.46 Å². The molecule has 1 amide bonds. The minimum atomic E-state index is -3.69. The first kappa shape index (κ1) is 19.9. The Bertz CT molecular complexity index is 857. The highest BCUT2D eigenvalue weighted by Crippen LogP contribution is 2.19. The van der Waals surface area contributed by atoms with Gasteiger partial charge in [0.2, 0.25) is 15.9 Å². The molecule has 8 nitrogen and oxygen atoms in total. The second kappa shape index (κ2) is 8.33. The van der Waals surface area contributed by atoms with Crippen LogP contribution in [0.2, 0.25) is 0 Å². The lowest BCUT2D eigenvalue weighted by molar-refractivity contribution is -0.129. The van der Waals surface area contributed by atoms with Gasteiger partial charge < -0.3 is 9.64 Å². The predicted octanol–water partition coefficient (Wildman–Crippen LogP) is 1.36. The molecule has 0 saturated carbocycles. The van der Waals surface area contributed by atoms with Gasteiger partial charge in [-0.25, -0.2) is 13.1 Å². The Morgan fingerprint density at radius 3 is 2.58 bits per heavy atom. The predicted molar refractivity (Wildman–Crippen MR) is 97.3 cm³/mol. The third-order valence-corrected chi connectivity index (χ3v) is 5.73. The number of para-hydroxylation sites is 1. The Hall–Kier alpha value is -2.39. The van der Waals surface area contributed by atoms with Crippen molar-refractivity contribution in [2.45, 2.75) is 32.2 Å². The summed E-state index contributed by atoms with van der Waals surface area (Å²) in [5.41, 5.74) is 1.74. The molecule has 26 heavy (non-hydrogen) atoms. The van der Waals surface area contributed by atoms with E-state index in [4.69, 9.17) is 4.74 Å². The molecule has 0 fully saturated rings. The summed E-state index contributed by atoms with van der Waals surface area (Å²) in [5.74, 6) is 0.537. The van der Waals surface area contributed by atoms with E-state index in [2.05, 4.69) is 14.9 Å². The molecule has 0 bridgehead atoms. The highest BCUT2D eigenvalue weighted by molar-refractivity contribution is 7.89. The van der Waals surface area contributed by atoms with Gasteiger partial charge in [-0.05, 0) is 19.9 Å². The normalized spacial score (nSPS) is 11.4. The van der Waals surface area contributed by atoms with E-state index < -0.39 is 10.0 Å². The number of hydrogen-bond donors (Lipinski definition) is 2. The van der Waals surface area contributed by atoms with Crippen molar-refractivity contribution < 1.29 is 17.9 Å². The summed E-state index contributed by atoms with van der Waals surface area (Å²) < 4.78 is 32.7. The molecule has 0 saturated heterocycles. The summed E-state index contributed by atoms with van der Waals surface area (Å²) in [7, 11) is -2.12. The molecule has 0 radical (unpaired) electrons. The van der Waals surface area contributed by atoms with Gasteiger partial charge >= 0.3 is 0 Å². The van der Waals surface area contributed by atoms with E-state index in [1.807, 2.05) is 24.3 Å². The number of carbonyl (C=O) groups is 1. The Balaban J connectivity index is 2.04. The van der Waals surface area contributed by atoms with E-state index in [9.17, 15) is 13.2 Å². The number of ether oxygens (including phenoxy) is 1. The number of aromatic nitrogens is 2. The fourth-order valence-electron chi connectivity index (χ4n) is 2.71. The highest BCUT2D eigenvalue weighted by Gasteiger charge is 2.22. The van der Waals surface area contributed by atoms with Crippen molar-refractivity contribution in [3.8, 4) is 5.75 Å². The summed E-state index contributed by atoms with van der Waals surface area (Å²) in [6.45, 7) is 5.41. The maximum atomic E-state index is 12.5. The van der Waals surface area contributed by atoms with Crippen LogP contribution in [0.25, 0.3) is 0 Å². The molecule has 142 valence electrons. The largest absolute Gasteiger partial charge is 0.496 e. The summed E-state index contributed by atoms with van der Waals surface area (Å²) in [6.07, 6.45) is 0. The van der Waals surface area contributed by atoms with Crippen LogP contribution >= 0.6 is 0 Å². The van der Waals surface area contributed by atoms with Crippen molar-refractivity contribution in [1.29, 1.82) is 0 Å². The van der Waals surface area contributed by atoms with Crippen molar-refractivity contribution in [3.05, 3.63) is 41.2 Å². The van der Waals surface area contributed by atoms with E-state index in [1.54, 1.807) is 25.9 Å². The minimum Gasteiger partial charge on any atom is -0.496 e. The van der Waals surface area contributed by atoms with E-state index in [1.165, 1.54) is 6.92 Å². The first-order valence-corrected chi connectivity index (χ1v) is 9.63. The van der Waals surface area contributed by atoms with Crippen LogP contribution in [0.3, 0.4) is 0 Å². The maximum absolute atomic E-state index is 12.5. The van der Waals surface area contributed by atoms with Gasteiger partial charge in [0.1, 0.15) is 10.6 Å². The number of aryl methyl sites for hydroxylation is 2. The van der Waals surface area contributed by atoms with E-state index in [0.717, 1.165) is 5.56 Å². The van der Waals surface area contributed by atoms with Crippen LogP contribution in [0, 0.1) is 13.8 Å². The van der Waals surface area contributed by atoms with Gasteiger partial charge in [-0.2, -0.15) is 5.10 Å². The molecule has 0 atom stereocenters. The quantitative estimate of drug-likeness (QED) is 0.720. The fraction of sp³-hybridized carbons (Fsp3) is 0.412. The number of benzene rings is 1. The molecular weight excluding hydrogens is 356 g/mol. The molecule has 1 heterocycles. The lowest BCUT2D eigenvalue weighted by Crippen LogP contribution is -2.37. The van der Waals surface area contributed by atoms with Gasteiger partial charge in [0, 0.05) is 32.1 Å². The van der Waals surface area contributed by atoms with Crippen LogP contribution in [0.4, 0.5) is 0 Å². The fourth-order valence-corrected chi connectivity index (χ4v) is 4.10. The second-order valence-electron chi connectivity index (χ2n) is 5.91. The Morgan fingerprint density at radius 1 is 1.31 bits per heavy atom. The average molecular weight is 380 g/mol. The van der Waals surface area contributed by atoms with Gasteiger partial charge in [-0.3, -0.25) is 9.89 Å². The van der Waals surface area contributed by atoms with E-state index in [-0.39, 0.29) is 23.9 Å². The molecule has 2 rings (SSSR count). The van der Waals surface area contributed by atoms with Gasteiger partial charge in [-0.1, -0.05) is 18.2 Å². The van der Waals surface area contributed by atoms with Crippen molar-refractivity contribution >= 4 is 15.9 Å². The zero-order chi connectivity index (χ0) is 19.3. The van der Waals surface area contributed by atoms with E-state index in [0.29, 0.717) is 23.7 Å². The lowest BCUT2D eigenvalue weighted by Gasteiger charge is -2.22. The number of nitrogens with zero attached hydrogens (tertiary/aromatic N) is 2. The summed E-state index contributed by atoms with van der Waals surface area (Å²) in [5, 5.41) is 6.56. The molecule has 1 aromatic carbocycles. The van der Waals surface area contributed by atoms with Crippen LogP contribution in [0.1, 0.15) is 23.9 Å². The number of methoxy groups -OCH3 is 1. The average Bonchev–Trinajstić information content (AvgIpc) is 2.93. The van der Waals surface area contributed by atoms with Crippen molar-refractivity contribution in [3.63, 3.8) is 0 Å². The van der Waals surface area contributed by atoms with Crippen molar-refractivity contribution in [1.82, 2.24) is 19.8 Å². The molecule has 0 aliphatic heterocycles. The number of aromatic amines is 1. The number of nitrogens with one attached hydrogen (secondary N) is 2. The summed E-state index contributed by atoms with van der Waals surface area (Å²) >= 11 is 0. The second-order valence-corrected chi connectivity index (χ2v) is 7.62. The molecular formula is C17H24N4O4S. The summed E-state index contributed by atoms with van der Waals surface area (Å²) in [4.78, 5) is 13.6. The third-order valence-electron chi connectivity index (χ3n) is 4.00. The zero-order valence-electron chi connectivity index (χ0n) is 15.4. The topological polar surface area (TPSA) is 104 Å². The molecule has 9 heteroatoms. The monoisotopic (exact) mass is 380 g/mol. The van der Waals surface area contributed by atoms with Gasteiger partial charge in [-0.15, -0.1) is 0 Å². The molecule has 1 aromatic heterocycles. The van der Waals surface area contributed by atoms with Crippen LogP contribution in [-0.2, 0) is 21.4 Å². The molecule has 0 spiro atoms. The molecule has 0 unspecified atom stereocenters. The van der Waals surface area contributed by atoms with Crippen molar-refractivity contribution in [2.24, 2.45) is 0 Å². The number of sulfonamides is 1. The Kier molecular flexibility index (Phi) is 6.38. The van der Waals surface area contributed by atoms with Gasteiger partial charge in [0.15, 0.2) is 0 Å². The SMILES string of the molecule is COc1ccccc1CN(CCNS(=O)(=O)c1c(C)n[nH]c1C)C(C)=O. The molecule has 0 aliphatic carbocycles. The molecule has 2 N–H and O–H groups in total. The smallest absolute Gasteiger partial charge is 0.244 e. The highest BCUT2D eigenvalue weighted by atomic mass is 32.2. The van der Waals surface area contributed by atoms with Crippen molar-refractivity contribution in [2.75, 3.05) is 20.2 Å². The third kappa shape index (κ3) is 4.61. The van der Waals surface area contributed by atoms with Crippen LogP contribution in [0.15, 0.2) is 29.2 Å². The first-order valence-electron chi connectivity index (χ1n) is 8.15. The van der Waals surface area contributed by atoms with E-state index >= 15 is 0 Å². The molecule has 0 aliphatic rings. The Labute approximate surface area is 153 Å². The Morgan fingerprint density at radius 2 is 2.00 bits per heavy atom. The number of rotatable bonds is 8. The zero-order valence-corrected chi connectivity index (χ0v) is 16.2. The molecule has 2 aromatic rings. The first-order chi connectivity index (χ1) is 12.3. The number of hydrogen-bond acceptors (Lipinski definition) is 5. The standard InChI is InChI=1S/C17H24N4O4S/c1-12-17(13(2)20-19-12)26(23,24)18-9-10-21(14(3)22)11-15-7-5-6-8-16(15)25-4/h5-8,18H,9-11H2,1-4H3,(H,19,20). The van der Waals surface area contributed by atoms with Gasteiger partial charge in [0.25, 0.3) is 0 Å². The van der Waals surface area contributed by atoms with Gasteiger partial charge in [0.05, 0.1) is 18.5 Å². The minimum absolute atomic E-state index is 0.0983. The number of H-pyrrole nitrogens is 1.